The fourth-order valence-electron chi connectivity index (χ4n) is 1.43. The van der Waals surface area contributed by atoms with Crippen molar-refractivity contribution in [2.45, 2.75) is 59.3 Å². The molecule has 0 aromatic carbocycles. The minimum Gasteiger partial charge on any atom is -0.295 e. The van der Waals surface area contributed by atoms with E-state index in [0.29, 0.717) is 0 Å². The Balaban J connectivity index is 3.37. The molecule has 0 aliphatic heterocycles. The van der Waals surface area contributed by atoms with Crippen LogP contribution in [0.1, 0.15) is 59.3 Å². The molecule has 0 unspecified atom stereocenters. The molecule has 0 heterocycles. The Morgan fingerprint density at radius 2 is 1.69 bits per heavy atom. The van der Waals surface area contributed by atoms with Gasteiger partial charge < -0.3 is 0 Å². The smallest absolute Gasteiger partial charge is 0.152 e. The van der Waals surface area contributed by atoms with Gasteiger partial charge in [-0.05, 0) is 32.8 Å². The summed E-state index contributed by atoms with van der Waals surface area (Å²) in [5.74, 6) is 0.172. The third-order valence-corrected chi connectivity index (χ3v) is 2.12. The first kappa shape index (κ1) is 12.4. The van der Waals surface area contributed by atoms with Gasteiger partial charge >= 0.3 is 0 Å². The van der Waals surface area contributed by atoms with Gasteiger partial charge in [0.1, 0.15) is 0 Å². The maximum Gasteiger partial charge on any atom is 0.152 e. The summed E-state index contributed by atoms with van der Waals surface area (Å²) in [6.07, 6.45) is 9.34. The van der Waals surface area contributed by atoms with E-state index in [4.69, 9.17) is 0 Å². The summed E-state index contributed by atoms with van der Waals surface area (Å²) in [6.45, 7) is 5.88. The summed E-state index contributed by atoms with van der Waals surface area (Å²) < 4.78 is 0. The van der Waals surface area contributed by atoms with E-state index in [1.807, 2.05) is 6.92 Å². The quantitative estimate of drug-likeness (QED) is 0.431. The predicted molar refractivity (Wildman–Crippen MR) is 57.8 cm³/mol. The number of carbonyl (C=O) groups excluding carboxylic acids is 1. The number of rotatable bonds is 7. The third-order valence-electron chi connectivity index (χ3n) is 2.12. The molecule has 0 aliphatic rings. The van der Waals surface area contributed by atoms with Gasteiger partial charge in [-0.25, -0.2) is 0 Å². The topological polar surface area (TPSA) is 17.1 Å². The zero-order chi connectivity index (χ0) is 10.1. The zero-order valence-corrected chi connectivity index (χ0v) is 9.23. The number of unbranched alkanes of at least 4 members (excludes halogenated alkanes) is 4. The highest BCUT2D eigenvalue weighted by molar-refractivity contribution is 5.87. The molecule has 0 atom stereocenters. The number of hydrogen-bond acceptors (Lipinski definition) is 1. The molecule has 0 saturated heterocycles. The lowest BCUT2D eigenvalue weighted by atomic mass is 10.1. The van der Waals surface area contributed by atoms with Crippen LogP contribution in [0.3, 0.4) is 0 Å². The first-order valence-corrected chi connectivity index (χ1v) is 5.34. The summed E-state index contributed by atoms with van der Waals surface area (Å²) in [5, 5.41) is 0. The molecule has 0 fully saturated rings. The van der Waals surface area contributed by atoms with E-state index in [-0.39, 0.29) is 5.78 Å². The standard InChI is InChI=1S/C12H22O/c1-4-5-6-7-8-9-11(2)10-12(3)13/h10H,4-9H2,1-3H3/b11-10+. The molecule has 0 spiro atoms. The Morgan fingerprint density at radius 1 is 1.08 bits per heavy atom. The molecule has 0 rings (SSSR count). The lowest BCUT2D eigenvalue weighted by Gasteiger charge is -2.00. The van der Waals surface area contributed by atoms with Crippen molar-refractivity contribution in [1.29, 1.82) is 0 Å². The van der Waals surface area contributed by atoms with Crippen LogP contribution >= 0.6 is 0 Å². The van der Waals surface area contributed by atoms with Crippen LogP contribution < -0.4 is 0 Å². The first-order valence-electron chi connectivity index (χ1n) is 5.34. The van der Waals surface area contributed by atoms with Gasteiger partial charge in [-0.3, -0.25) is 4.79 Å². The van der Waals surface area contributed by atoms with Gasteiger partial charge in [0, 0.05) is 0 Å². The highest BCUT2D eigenvalue weighted by Gasteiger charge is 1.93. The lowest BCUT2D eigenvalue weighted by molar-refractivity contribution is -0.112. The van der Waals surface area contributed by atoms with E-state index in [1.54, 1.807) is 13.0 Å². The Hall–Kier alpha value is -0.590. The highest BCUT2D eigenvalue weighted by Crippen LogP contribution is 2.10. The van der Waals surface area contributed by atoms with Crippen LogP contribution in [0.25, 0.3) is 0 Å². The van der Waals surface area contributed by atoms with Crippen molar-refractivity contribution in [2.24, 2.45) is 0 Å². The van der Waals surface area contributed by atoms with Gasteiger partial charge in [-0.15, -0.1) is 0 Å². The van der Waals surface area contributed by atoms with Gasteiger partial charge in [-0.1, -0.05) is 38.2 Å². The minimum absolute atomic E-state index is 0.172. The number of hydrogen-bond donors (Lipinski definition) is 0. The molecule has 0 N–H and O–H groups in total. The van der Waals surface area contributed by atoms with Crippen molar-refractivity contribution in [2.75, 3.05) is 0 Å². The normalized spacial score (nSPS) is 11.8. The van der Waals surface area contributed by atoms with E-state index >= 15 is 0 Å². The van der Waals surface area contributed by atoms with Gasteiger partial charge in [0.15, 0.2) is 5.78 Å². The van der Waals surface area contributed by atoms with Crippen molar-refractivity contribution in [3.8, 4) is 0 Å². The lowest BCUT2D eigenvalue weighted by Crippen LogP contribution is -1.86. The third kappa shape index (κ3) is 9.32. The van der Waals surface area contributed by atoms with Gasteiger partial charge in [-0.2, -0.15) is 0 Å². The van der Waals surface area contributed by atoms with Crippen molar-refractivity contribution in [1.82, 2.24) is 0 Å². The zero-order valence-electron chi connectivity index (χ0n) is 9.23. The van der Waals surface area contributed by atoms with Crippen molar-refractivity contribution >= 4 is 5.78 Å². The molecule has 13 heavy (non-hydrogen) atoms. The maximum atomic E-state index is 10.7. The maximum absolute atomic E-state index is 10.7. The molecule has 0 aliphatic carbocycles. The van der Waals surface area contributed by atoms with Crippen molar-refractivity contribution in [3.63, 3.8) is 0 Å². The average Bonchev–Trinajstić information content (AvgIpc) is 2.02. The van der Waals surface area contributed by atoms with Gasteiger partial charge in [0.2, 0.25) is 0 Å². The molecule has 1 nitrogen and oxygen atoms in total. The second-order valence-electron chi connectivity index (χ2n) is 3.77. The molecule has 76 valence electrons. The molecule has 0 bridgehead atoms. The Kier molecular flexibility index (Phi) is 7.66. The summed E-state index contributed by atoms with van der Waals surface area (Å²) in [7, 11) is 0. The Morgan fingerprint density at radius 3 is 2.23 bits per heavy atom. The predicted octanol–water partition coefficient (Wildman–Crippen LogP) is 3.88. The van der Waals surface area contributed by atoms with Crippen LogP contribution in [-0.4, -0.2) is 5.78 Å². The Labute approximate surface area is 82.2 Å². The fraction of sp³-hybridized carbons (Fsp3) is 0.750. The minimum atomic E-state index is 0.172. The molecule has 0 aromatic heterocycles. The summed E-state index contributed by atoms with van der Waals surface area (Å²) >= 11 is 0. The molecular formula is C12H22O. The average molecular weight is 182 g/mol. The molecule has 0 radical (unpaired) electrons. The van der Waals surface area contributed by atoms with Crippen LogP contribution in [0.15, 0.2) is 11.6 Å². The van der Waals surface area contributed by atoms with Crippen molar-refractivity contribution in [3.05, 3.63) is 11.6 Å². The number of allylic oxidation sites excluding steroid dienone is 2. The van der Waals surface area contributed by atoms with E-state index in [1.165, 1.54) is 37.7 Å². The molecule has 1 heteroatoms. The van der Waals surface area contributed by atoms with E-state index in [0.717, 1.165) is 6.42 Å². The summed E-state index contributed by atoms with van der Waals surface area (Å²) in [4.78, 5) is 10.7. The van der Waals surface area contributed by atoms with Crippen LogP contribution in [0, 0.1) is 0 Å². The first-order chi connectivity index (χ1) is 6.16. The van der Waals surface area contributed by atoms with Crippen LogP contribution in [0.5, 0.6) is 0 Å². The molecule has 0 saturated carbocycles. The Bertz CT molecular complexity index is 168. The highest BCUT2D eigenvalue weighted by atomic mass is 16.1. The van der Waals surface area contributed by atoms with Crippen LogP contribution in [0.4, 0.5) is 0 Å². The van der Waals surface area contributed by atoms with Crippen LogP contribution in [-0.2, 0) is 4.79 Å². The number of carbonyl (C=O) groups is 1. The molecule has 0 aromatic rings. The van der Waals surface area contributed by atoms with E-state index in [2.05, 4.69) is 6.92 Å². The van der Waals surface area contributed by atoms with Gasteiger partial charge in [0.25, 0.3) is 0 Å². The van der Waals surface area contributed by atoms with Crippen molar-refractivity contribution < 1.29 is 4.79 Å². The number of ketones is 1. The fourth-order valence-corrected chi connectivity index (χ4v) is 1.43. The van der Waals surface area contributed by atoms with Crippen LogP contribution in [0.2, 0.25) is 0 Å². The summed E-state index contributed by atoms with van der Waals surface area (Å²) in [6, 6.07) is 0. The SMILES string of the molecule is CCCCCCC/C(C)=C/C(C)=O. The largest absolute Gasteiger partial charge is 0.295 e. The molecule has 0 amide bonds. The van der Waals surface area contributed by atoms with E-state index in [9.17, 15) is 4.79 Å². The molecular weight excluding hydrogens is 160 g/mol. The monoisotopic (exact) mass is 182 g/mol. The second-order valence-corrected chi connectivity index (χ2v) is 3.77. The van der Waals surface area contributed by atoms with Gasteiger partial charge in [0.05, 0.1) is 0 Å². The van der Waals surface area contributed by atoms with E-state index < -0.39 is 0 Å². The second kappa shape index (κ2) is 8.03. The summed E-state index contributed by atoms with van der Waals surface area (Å²) in [5.41, 5.74) is 1.23.